The van der Waals surface area contributed by atoms with Crippen LogP contribution in [0, 0.1) is 0 Å². The predicted octanol–water partition coefficient (Wildman–Crippen LogP) is 4.75. The van der Waals surface area contributed by atoms with E-state index in [9.17, 15) is 4.79 Å². The highest BCUT2D eigenvalue weighted by atomic mass is 79.9. The number of nitrogens with zero attached hydrogens (tertiary/aromatic N) is 1. The molecule has 2 aromatic carbocycles. The molecule has 4 rings (SSSR count). The number of H-pyrrole nitrogens is 1. The maximum atomic E-state index is 12.3. The number of carbonyl (C=O) groups excluding carboxylic acids is 1. The number of rotatable bonds is 4. The quantitative estimate of drug-likeness (QED) is 0.650. The van der Waals surface area contributed by atoms with E-state index in [2.05, 4.69) is 61.6 Å². The van der Waals surface area contributed by atoms with Gasteiger partial charge in [-0.15, -0.1) is 0 Å². The Morgan fingerprint density at radius 2 is 1.85 bits per heavy atom. The van der Waals surface area contributed by atoms with Crippen LogP contribution in [0.3, 0.4) is 0 Å². The van der Waals surface area contributed by atoms with Gasteiger partial charge in [0.25, 0.3) is 0 Å². The zero-order valence-corrected chi connectivity index (χ0v) is 16.1. The van der Waals surface area contributed by atoms with Gasteiger partial charge in [0, 0.05) is 21.6 Å². The average molecular weight is 412 g/mol. The van der Waals surface area contributed by atoms with E-state index in [1.54, 1.807) is 0 Å². The summed E-state index contributed by atoms with van der Waals surface area (Å²) in [5.74, 6) is 0.608. The molecule has 1 aliphatic heterocycles. The number of halogens is 1. The van der Waals surface area contributed by atoms with Gasteiger partial charge in [-0.05, 0) is 71.5 Å². The van der Waals surface area contributed by atoms with Gasteiger partial charge in [0.15, 0.2) is 0 Å². The normalized spacial score (nSPS) is 16.0. The standard InChI is InChI=1S/C21H22BrN3O/c22-18-6-2-4-8-20(18)24-21(26)14-25-11-9-15(10-12-25)17-13-23-19-7-3-1-5-16(17)19/h1-8,13,15,23H,9-12,14H2,(H,24,26). The Morgan fingerprint density at radius 3 is 2.65 bits per heavy atom. The van der Waals surface area contributed by atoms with E-state index in [-0.39, 0.29) is 5.91 Å². The second-order valence-electron chi connectivity index (χ2n) is 6.87. The molecule has 0 bridgehead atoms. The van der Waals surface area contributed by atoms with Crippen molar-refractivity contribution in [2.24, 2.45) is 0 Å². The third-order valence-electron chi connectivity index (χ3n) is 5.16. The molecule has 0 saturated carbocycles. The van der Waals surface area contributed by atoms with Gasteiger partial charge >= 0.3 is 0 Å². The van der Waals surface area contributed by atoms with E-state index in [0.717, 1.165) is 36.1 Å². The molecule has 4 nitrogen and oxygen atoms in total. The highest BCUT2D eigenvalue weighted by Crippen LogP contribution is 2.33. The van der Waals surface area contributed by atoms with Crippen molar-refractivity contribution in [3.05, 3.63) is 64.8 Å². The molecule has 5 heteroatoms. The summed E-state index contributed by atoms with van der Waals surface area (Å²) in [4.78, 5) is 18.0. The van der Waals surface area contributed by atoms with Crippen molar-refractivity contribution in [3.8, 4) is 0 Å². The molecular formula is C21H22BrN3O. The lowest BCUT2D eigenvalue weighted by atomic mass is 9.89. The van der Waals surface area contributed by atoms with Crippen molar-refractivity contribution in [2.75, 3.05) is 25.0 Å². The largest absolute Gasteiger partial charge is 0.361 e. The Kier molecular flexibility index (Phi) is 5.09. The number of hydrogen-bond donors (Lipinski definition) is 2. The topological polar surface area (TPSA) is 48.1 Å². The van der Waals surface area contributed by atoms with Crippen molar-refractivity contribution in [1.82, 2.24) is 9.88 Å². The highest BCUT2D eigenvalue weighted by molar-refractivity contribution is 9.10. The third-order valence-corrected chi connectivity index (χ3v) is 5.86. The minimum absolute atomic E-state index is 0.0439. The summed E-state index contributed by atoms with van der Waals surface area (Å²) in [5, 5.41) is 4.32. The second kappa shape index (κ2) is 7.64. The van der Waals surface area contributed by atoms with Crippen molar-refractivity contribution in [2.45, 2.75) is 18.8 Å². The van der Waals surface area contributed by atoms with Gasteiger partial charge in [-0.2, -0.15) is 0 Å². The van der Waals surface area contributed by atoms with Gasteiger partial charge < -0.3 is 10.3 Å². The molecule has 0 aliphatic carbocycles. The van der Waals surface area contributed by atoms with Gasteiger partial charge in [-0.25, -0.2) is 0 Å². The van der Waals surface area contributed by atoms with Crippen LogP contribution >= 0.6 is 15.9 Å². The van der Waals surface area contributed by atoms with Crippen LogP contribution < -0.4 is 5.32 Å². The second-order valence-corrected chi connectivity index (χ2v) is 7.72. The predicted molar refractivity (Wildman–Crippen MR) is 109 cm³/mol. The van der Waals surface area contributed by atoms with E-state index >= 15 is 0 Å². The first kappa shape index (κ1) is 17.3. The summed E-state index contributed by atoms with van der Waals surface area (Å²) in [6.45, 7) is 2.35. The molecule has 1 amide bonds. The number of carbonyl (C=O) groups is 1. The molecule has 3 aromatic rings. The number of aromatic nitrogens is 1. The van der Waals surface area contributed by atoms with Crippen LogP contribution in [0.2, 0.25) is 0 Å². The Balaban J connectivity index is 1.34. The average Bonchev–Trinajstić information content (AvgIpc) is 3.08. The number of aromatic amines is 1. The van der Waals surface area contributed by atoms with Crippen LogP contribution in [-0.4, -0.2) is 35.4 Å². The van der Waals surface area contributed by atoms with Crippen molar-refractivity contribution in [3.63, 3.8) is 0 Å². The van der Waals surface area contributed by atoms with Gasteiger partial charge in [-0.1, -0.05) is 30.3 Å². The molecule has 0 unspecified atom stereocenters. The number of benzene rings is 2. The van der Waals surface area contributed by atoms with Crippen molar-refractivity contribution >= 4 is 38.4 Å². The number of hydrogen-bond acceptors (Lipinski definition) is 2. The van der Waals surface area contributed by atoms with E-state index in [4.69, 9.17) is 0 Å². The van der Waals surface area contributed by atoms with Gasteiger partial charge in [0.1, 0.15) is 0 Å². The summed E-state index contributed by atoms with van der Waals surface area (Å²) >= 11 is 3.47. The Bertz CT molecular complexity index is 912. The Morgan fingerprint density at radius 1 is 1.12 bits per heavy atom. The lowest BCUT2D eigenvalue weighted by molar-refractivity contribution is -0.117. The van der Waals surface area contributed by atoms with Crippen molar-refractivity contribution in [1.29, 1.82) is 0 Å². The van der Waals surface area contributed by atoms with Crippen LogP contribution in [-0.2, 0) is 4.79 Å². The number of anilines is 1. The van der Waals surface area contributed by atoms with Crippen LogP contribution in [0.15, 0.2) is 59.2 Å². The molecule has 2 heterocycles. The molecule has 0 radical (unpaired) electrons. The SMILES string of the molecule is O=C(CN1CCC(c2c[nH]c3ccccc23)CC1)Nc1ccccc1Br. The number of likely N-dealkylation sites (tertiary alicyclic amines) is 1. The summed E-state index contributed by atoms with van der Waals surface area (Å²) < 4.78 is 0.909. The molecule has 26 heavy (non-hydrogen) atoms. The number of nitrogens with one attached hydrogen (secondary N) is 2. The molecular weight excluding hydrogens is 390 g/mol. The van der Waals surface area contributed by atoms with E-state index in [1.807, 2.05) is 24.3 Å². The molecule has 1 saturated heterocycles. The van der Waals surface area contributed by atoms with Crippen LogP contribution in [0.5, 0.6) is 0 Å². The summed E-state index contributed by atoms with van der Waals surface area (Å²) in [5.41, 5.74) is 3.45. The molecule has 1 aromatic heterocycles. The van der Waals surface area contributed by atoms with E-state index < -0.39 is 0 Å². The molecule has 134 valence electrons. The molecule has 0 spiro atoms. The van der Waals surface area contributed by atoms with Crippen LogP contribution in [0.4, 0.5) is 5.69 Å². The minimum atomic E-state index is 0.0439. The lowest BCUT2D eigenvalue weighted by Crippen LogP contribution is -2.38. The maximum absolute atomic E-state index is 12.3. The monoisotopic (exact) mass is 411 g/mol. The van der Waals surface area contributed by atoms with Crippen molar-refractivity contribution < 1.29 is 4.79 Å². The van der Waals surface area contributed by atoms with Crippen LogP contribution in [0.25, 0.3) is 10.9 Å². The van der Waals surface area contributed by atoms with E-state index in [1.165, 1.54) is 16.5 Å². The number of para-hydroxylation sites is 2. The smallest absolute Gasteiger partial charge is 0.238 e. The summed E-state index contributed by atoms with van der Waals surface area (Å²) in [7, 11) is 0. The molecule has 0 atom stereocenters. The number of fused-ring (bicyclic) bond motifs is 1. The first-order chi connectivity index (χ1) is 12.7. The lowest BCUT2D eigenvalue weighted by Gasteiger charge is -2.31. The van der Waals surface area contributed by atoms with Gasteiger partial charge in [0.2, 0.25) is 5.91 Å². The molecule has 2 N–H and O–H groups in total. The number of piperidine rings is 1. The fourth-order valence-corrected chi connectivity index (χ4v) is 4.17. The third kappa shape index (κ3) is 3.69. The minimum Gasteiger partial charge on any atom is -0.361 e. The first-order valence-corrected chi connectivity index (χ1v) is 9.83. The molecule has 1 fully saturated rings. The van der Waals surface area contributed by atoms with Crippen LogP contribution in [0.1, 0.15) is 24.3 Å². The fraction of sp³-hybridized carbons (Fsp3) is 0.286. The zero-order valence-electron chi connectivity index (χ0n) is 14.5. The first-order valence-electron chi connectivity index (χ1n) is 9.03. The zero-order chi connectivity index (χ0) is 17.9. The highest BCUT2D eigenvalue weighted by Gasteiger charge is 2.24. The maximum Gasteiger partial charge on any atom is 0.238 e. The fourth-order valence-electron chi connectivity index (χ4n) is 3.79. The summed E-state index contributed by atoms with van der Waals surface area (Å²) in [6.07, 6.45) is 4.33. The van der Waals surface area contributed by atoms with Gasteiger partial charge in [0.05, 0.1) is 12.2 Å². The Labute approximate surface area is 161 Å². The van der Waals surface area contributed by atoms with E-state index in [0.29, 0.717) is 12.5 Å². The summed E-state index contributed by atoms with van der Waals surface area (Å²) in [6, 6.07) is 16.2. The Hall–Kier alpha value is -2.11. The van der Waals surface area contributed by atoms with Gasteiger partial charge in [-0.3, -0.25) is 9.69 Å². The molecule has 1 aliphatic rings. The number of amides is 1.